The summed E-state index contributed by atoms with van der Waals surface area (Å²) in [5, 5.41) is 2.94. The summed E-state index contributed by atoms with van der Waals surface area (Å²) in [6, 6.07) is 0.0519. The highest BCUT2D eigenvalue weighted by molar-refractivity contribution is 5.74. The highest BCUT2D eigenvalue weighted by Crippen LogP contribution is 2.07. The molecular weight excluding hydrogens is 194 g/mol. The molecule has 1 saturated heterocycles. The first-order valence-electron chi connectivity index (χ1n) is 5.52. The summed E-state index contributed by atoms with van der Waals surface area (Å²) in [7, 11) is 1.63. The van der Waals surface area contributed by atoms with E-state index in [0.717, 1.165) is 32.4 Å². The molecule has 1 aliphatic rings. The molecule has 0 aromatic carbocycles. The van der Waals surface area contributed by atoms with Crippen LogP contribution in [0.25, 0.3) is 0 Å². The summed E-state index contributed by atoms with van der Waals surface area (Å²) >= 11 is 0. The highest BCUT2D eigenvalue weighted by atomic mass is 16.5. The third kappa shape index (κ3) is 4.05. The standard InChI is InChI=1S/C10H21N3O2/c1-15-8-9(4-5-11)12-10(14)13-6-2-3-7-13/h9H,2-8,11H2,1H3,(H,12,14). The third-order valence-corrected chi connectivity index (χ3v) is 2.60. The van der Waals surface area contributed by atoms with E-state index in [1.165, 1.54) is 0 Å². The lowest BCUT2D eigenvalue weighted by Crippen LogP contribution is -2.46. The summed E-state index contributed by atoms with van der Waals surface area (Å²) in [5.74, 6) is 0. The Kier molecular flexibility index (Phi) is 5.42. The minimum Gasteiger partial charge on any atom is -0.383 e. The maximum absolute atomic E-state index is 11.7. The van der Waals surface area contributed by atoms with Crippen molar-refractivity contribution in [2.24, 2.45) is 5.73 Å². The van der Waals surface area contributed by atoms with Gasteiger partial charge in [0.15, 0.2) is 0 Å². The predicted octanol–water partition coefficient (Wildman–Crippen LogP) is 0.156. The van der Waals surface area contributed by atoms with Gasteiger partial charge in [-0.05, 0) is 25.8 Å². The van der Waals surface area contributed by atoms with Gasteiger partial charge >= 0.3 is 6.03 Å². The number of nitrogens with zero attached hydrogens (tertiary/aromatic N) is 1. The zero-order valence-electron chi connectivity index (χ0n) is 9.37. The molecule has 0 radical (unpaired) electrons. The molecule has 0 bridgehead atoms. The van der Waals surface area contributed by atoms with Gasteiger partial charge in [0.1, 0.15) is 0 Å². The van der Waals surface area contributed by atoms with E-state index in [-0.39, 0.29) is 12.1 Å². The molecule has 2 amide bonds. The zero-order chi connectivity index (χ0) is 11.1. The Morgan fingerprint density at radius 1 is 1.53 bits per heavy atom. The van der Waals surface area contributed by atoms with Crippen molar-refractivity contribution in [1.82, 2.24) is 10.2 Å². The summed E-state index contributed by atoms with van der Waals surface area (Å²) in [4.78, 5) is 13.6. The first-order valence-corrected chi connectivity index (χ1v) is 5.52. The number of hydrogen-bond acceptors (Lipinski definition) is 3. The van der Waals surface area contributed by atoms with Crippen molar-refractivity contribution in [3.63, 3.8) is 0 Å². The highest BCUT2D eigenvalue weighted by Gasteiger charge is 2.20. The zero-order valence-corrected chi connectivity index (χ0v) is 9.37. The Morgan fingerprint density at radius 2 is 2.20 bits per heavy atom. The molecule has 15 heavy (non-hydrogen) atoms. The Bertz CT molecular complexity index is 187. The summed E-state index contributed by atoms with van der Waals surface area (Å²) in [6.07, 6.45) is 2.98. The van der Waals surface area contributed by atoms with Crippen LogP contribution in [0.2, 0.25) is 0 Å². The van der Waals surface area contributed by atoms with E-state index < -0.39 is 0 Å². The lowest BCUT2D eigenvalue weighted by Gasteiger charge is -2.22. The molecule has 1 heterocycles. The van der Waals surface area contributed by atoms with E-state index in [2.05, 4.69) is 5.32 Å². The van der Waals surface area contributed by atoms with Crippen LogP contribution < -0.4 is 11.1 Å². The van der Waals surface area contributed by atoms with Gasteiger partial charge in [-0.2, -0.15) is 0 Å². The molecule has 5 heteroatoms. The van der Waals surface area contributed by atoms with E-state index in [1.807, 2.05) is 4.90 Å². The van der Waals surface area contributed by atoms with Crippen LogP contribution in [0.3, 0.4) is 0 Å². The van der Waals surface area contributed by atoms with E-state index in [1.54, 1.807) is 7.11 Å². The number of nitrogens with two attached hydrogens (primary N) is 1. The smallest absolute Gasteiger partial charge is 0.317 e. The number of likely N-dealkylation sites (tertiary alicyclic amines) is 1. The van der Waals surface area contributed by atoms with E-state index in [0.29, 0.717) is 13.2 Å². The van der Waals surface area contributed by atoms with Crippen LogP contribution in [0.15, 0.2) is 0 Å². The van der Waals surface area contributed by atoms with Crippen LogP contribution in [-0.2, 0) is 4.74 Å². The third-order valence-electron chi connectivity index (χ3n) is 2.60. The van der Waals surface area contributed by atoms with Gasteiger partial charge in [-0.1, -0.05) is 0 Å². The monoisotopic (exact) mass is 215 g/mol. The van der Waals surface area contributed by atoms with E-state index in [9.17, 15) is 4.79 Å². The maximum Gasteiger partial charge on any atom is 0.317 e. The van der Waals surface area contributed by atoms with Crippen LogP contribution in [0.4, 0.5) is 4.79 Å². The number of methoxy groups -OCH3 is 1. The number of urea groups is 1. The first kappa shape index (κ1) is 12.3. The molecule has 1 unspecified atom stereocenters. The van der Waals surface area contributed by atoms with Crippen molar-refractivity contribution in [2.45, 2.75) is 25.3 Å². The topological polar surface area (TPSA) is 67.6 Å². The predicted molar refractivity (Wildman–Crippen MR) is 58.7 cm³/mol. The Hall–Kier alpha value is -0.810. The molecule has 1 aliphatic heterocycles. The second kappa shape index (κ2) is 6.63. The normalized spacial score (nSPS) is 17.9. The van der Waals surface area contributed by atoms with Crippen LogP contribution in [-0.4, -0.2) is 50.3 Å². The van der Waals surface area contributed by atoms with Gasteiger partial charge in [-0.25, -0.2) is 4.79 Å². The molecule has 1 rings (SSSR count). The van der Waals surface area contributed by atoms with Crippen LogP contribution in [0.1, 0.15) is 19.3 Å². The van der Waals surface area contributed by atoms with Crippen molar-refractivity contribution < 1.29 is 9.53 Å². The maximum atomic E-state index is 11.7. The molecule has 88 valence electrons. The Morgan fingerprint density at radius 3 is 2.73 bits per heavy atom. The minimum atomic E-state index is 0.0167. The number of carbonyl (C=O) groups excluding carboxylic acids is 1. The fraction of sp³-hybridized carbons (Fsp3) is 0.900. The molecule has 0 aromatic rings. The average molecular weight is 215 g/mol. The molecule has 5 nitrogen and oxygen atoms in total. The summed E-state index contributed by atoms with van der Waals surface area (Å²) < 4.78 is 5.03. The summed E-state index contributed by atoms with van der Waals surface area (Å²) in [5.41, 5.74) is 5.47. The molecule has 3 N–H and O–H groups in total. The van der Waals surface area contributed by atoms with Crippen molar-refractivity contribution >= 4 is 6.03 Å². The van der Waals surface area contributed by atoms with E-state index in [4.69, 9.17) is 10.5 Å². The lowest BCUT2D eigenvalue weighted by atomic mass is 10.2. The minimum absolute atomic E-state index is 0.0167. The van der Waals surface area contributed by atoms with Gasteiger partial charge in [-0.3, -0.25) is 0 Å². The number of nitrogens with one attached hydrogen (secondary N) is 1. The van der Waals surface area contributed by atoms with Gasteiger partial charge in [0.2, 0.25) is 0 Å². The molecule has 0 saturated carbocycles. The second-order valence-corrected chi connectivity index (χ2v) is 3.87. The molecule has 1 atom stereocenters. The van der Waals surface area contributed by atoms with Crippen LogP contribution in [0, 0.1) is 0 Å². The van der Waals surface area contributed by atoms with Crippen molar-refractivity contribution in [2.75, 3.05) is 33.4 Å². The van der Waals surface area contributed by atoms with Crippen molar-refractivity contribution in [1.29, 1.82) is 0 Å². The van der Waals surface area contributed by atoms with Crippen molar-refractivity contribution in [3.8, 4) is 0 Å². The Balaban J connectivity index is 2.31. The number of hydrogen-bond donors (Lipinski definition) is 2. The van der Waals surface area contributed by atoms with Gasteiger partial charge in [-0.15, -0.1) is 0 Å². The summed E-state index contributed by atoms with van der Waals surface area (Å²) in [6.45, 7) is 2.83. The van der Waals surface area contributed by atoms with Crippen LogP contribution in [0.5, 0.6) is 0 Å². The molecular formula is C10H21N3O2. The molecule has 1 fully saturated rings. The molecule has 0 aliphatic carbocycles. The lowest BCUT2D eigenvalue weighted by molar-refractivity contribution is 0.155. The number of rotatable bonds is 5. The van der Waals surface area contributed by atoms with Gasteiger partial charge in [0.05, 0.1) is 12.6 Å². The quantitative estimate of drug-likeness (QED) is 0.686. The SMILES string of the molecule is COCC(CCN)NC(=O)N1CCCC1. The second-order valence-electron chi connectivity index (χ2n) is 3.87. The fourth-order valence-corrected chi connectivity index (χ4v) is 1.79. The number of amides is 2. The largest absolute Gasteiger partial charge is 0.383 e. The van der Waals surface area contributed by atoms with E-state index >= 15 is 0 Å². The molecule has 0 aromatic heterocycles. The fourth-order valence-electron chi connectivity index (χ4n) is 1.79. The average Bonchev–Trinajstić information content (AvgIpc) is 2.71. The van der Waals surface area contributed by atoms with Gasteiger partial charge < -0.3 is 20.7 Å². The first-order chi connectivity index (χ1) is 7.27. The van der Waals surface area contributed by atoms with Crippen LogP contribution >= 0.6 is 0 Å². The Labute approximate surface area is 90.9 Å². The van der Waals surface area contributed by atoms with Gasteiger partial charge in [0, 0.05) is 20.2 Å². The number of ether oxygens (including phenoxy) is 1. The van der Waals surface area contributed by atoms with Gasteiger partial charge in [0.25, 0.3) is 0 Å². The van der Waals surface area contributed by atoms with Crippen molar-refractivity contribution in [3.05, 3.63) is 0 Å². The molecule has 0 spiro atoms. The number of carbonyl (C=O) groups is 1.